The molecule has 0 bridgehead atoms. The van der Waals surface area contributed by atoms with Crippen LogP contribution in [0.4, 0.5) is 0 Å². The highest BCUT2D eigenvalue weighted by molar-refractivity contribution is 7.89. The van der Waals surface area contributed by atoms with E-state index < -0.39 is 22.0 Å². The fourth-order valence-corrected chi connectivity index (χ4v) is 3.36. The minimum atomic E-state index is -4.07. The molecule has 0 aliphatic heterocycles. The average Bonchev–Trinajstić information content (AvgIpc) is 2.36. The molecule has 0 aliphatic rings. The summed E-state index contributed by atoms with van der Waals surface area (Å²) in [7, 11) is -4.07. The van der Waals surface area contributed by atoms with Crippen LogP contribution in [0.1, 0.15) is 31.4 Å². The summed E-state index contributed by atoms with van der Waals surface area (Å²) in [6.45, 7) is 5.23. The van der Waals surface area contributed by atoms with Crippen molar-refractivity contribution in [2.75, 3.05) is 0 Å². The van der Waals surface area contributed by atoms with E-state index in [4.69, 9.17) is 10.4 Å². The number of aliphatic carboxylic acids is 1. The molecule has 7 heteroatoms. The maximum atomic E-state index is 12.3. The lowest BCUT2D eigenvalue weighted by Crippen LogP contribution is -2.41. The lowest BCUT2D eigenvalue weighted by Gasteiger charge is -2.17. The van der Waals surface area contributed by atoms with Gasteiger partial charge in [-0.2, -0.15) is 9.98 Å². The Kier molecular flexibility index (Phi) is 5.47. The van der Waals surface area contributed by atoms with Crippen LogP contribution in [-0.4, -0.2) is 25.5 Å². The molecule has 0 spiro atoms. The lowest BCUT2D eigenvalue weighted by atomic mass is 10.1. The van der Waals surface area contributed by atoms with Gasteiger partial charge in [-0.3, -0.25) is 4.79 Å². The van der Waals surface area contributed by atoms with Crippen molar-refractivity contribution < 1.29 is 18.3 Å². The van der Waals surface area contributed by atoms with E-state index in [-0.39, 0.29) is 22.8 Å². The summed E-state index contributed by atoms with van der Waals surface area (Å²) in [6, 6.07) is 5.06. The molecule has 2 N–H and O–H groups in total. The molecule has 0 heterocycles. The number of nitriles is 1. The van der Waals surface area contributed by atoms with Crippen molar-refractivity contribution >= 4 is 16.0 Å². The SMILES string of the molecule is Cc1cccc(S(=O)(=O)N[C@@H](CC(C)C)C(=O)O)c1C#N. The number of carboxylic acid groups (broad SMARTS) is 1. The van der Waals surface area contributed by atoms with Crippen LogP contribution in [-0.2, 0) is 14.8 Å². The highest BCUT2D eigenvalue weighted by Crippen LogP contribution is 2.19. The van der Waals surface area contributed by atoms with Gasteiger partial charge in [0.1, 0.15) is 17.0 Å². The molecular weight excluding hydrogens is 292 g/mol. The Morgan fingerprint density at radius 1 is 1.43 bits per heavy atom. The molecule has 0 amide bonds. The summed E-state index contributed by atoms with van der Waals surface area (Å²) in [5.41, 5.74) is 0.551. The van der Waals surface area contributed by atoms with Crippen LogP contribution in [0.5, 0.6) is 0 Å². The fourth-order valence-electron chi connectivity index (χ4n) is 1.93. The summed E-state index contributed by atoms with van der Waals surface area (Å²) in [4.78, 5) is 11.0. The molecule has 0 radical (unpaired) electrons. The minimum absolute atomic E-state index is 0.0155. The predicted octanol–water partition coefficient (Wildman–Crippen LogP) is 1.64. The molecule has 1 atom stereocenters. The molecule has 1 aromatic rings. The molecule has 114 valence electrons. The van der Waals surface area contributed by atoms with Gasteiger partial charge in [0.25, 0.3) is 0 Å². The van der Waals surface area contributed by atoms with Gasteiger partial charge in [-0.05, 0) is 30.9 Å². The zero-order valence-electron chi connectivity index (χ0n) is 12.1. The molecule has 0 saturated carbocycles. The molecule has 0 saturated heterocycles. The first-order chi connectivity index (χ1) is 9.69. The number of hydrogen-bond donors (Lipinski definition) is 2. The first-order valence-corrected chi connectivity index (χ1v) is 7.92. The van der Waals surface area contributed by atoms with Crippen molar-refractivity contribution in [1.82, 2.24) is 4.72 Å². The normalized spacial score (nSPS) is 12.9. The van der Waals surface area contributed by atoms with Gasteiger partial charge in [-0.1, -0.05) is 26.0 Å². The van der Waals surface area contributed by atoms with Crippen molar-refractivity contribution in [2.45, 2.75) is 38.1 Å². The Morgan fingerprint density at radius 3 is 2.52 bits per heavy atom. The van der Waals surface area contributed by atoms with E-state index in [1.165, 1.54) is 12.1 Å². The standard InChI is InChI=1S/C14H18N2O4S/c1-9(2)7-12(14(17)18)16-21(19,20)13-6-4-5-10(3)11(13)8-15/h4-6,9,12,16H,7H2,1-3H3,(H,17,18)/t12-/m0/s1. The van der Waals surface area contributed by atoms with Gasteiger partial charge >= 0.3 is 5.97 Å². The monoisotopic (exact) mass is 310 g/mol. The average molecular weight is 310 g/mol. The van der Waals surface area contributed by atoms with Gasteiger partial charge in [-0.15, -0.1) is 0 Å². The number of aryl methyl sites for hydroxylation is 1. The van der Waals surface area contributed by atoms with Crippen LogP contribution >= 0.6 is 0 Å². The van der Waals surface area contributed by atoms with Crippen molar-refractivity contribution in [3.8, 4) is 6.07 Å². The van der Waals surface area contributed by atoms with Gasteiger partial charge in [-0.25, -0.2) is 8.42 Å². The largest absolute Gasteiger partial charge is 0.480 e. The van der Waals surface area contributed by atoms with E-state index in [1.807, 2.05) is 6.07 Å². The predicted molar refractivity (Wildman–Crippen MR) is 77.1 cm³/mol. The number of carboxylic acids is 1. The fraction of sp³-hybridized carbons (Fsp3) is 0.429. The third kappa shape index (κ3) is 4.28. The quantitative estimate of drug-likeness (QED) is 0.830. The first kappa shape index (κ1) is 17.1. The second-order valence-corrected chi connectivity index (χ2v) is 6.88. The third-order valence-electron chi connectivity index (χ3n) is 2.94. The van der Waals surface area contributed by atoms with E-state index in [1.54, 1.807) is 26.8 Å². The van der Waals surface area contributed by atoms with Gasteiger partial charge in [0.05, 0.1) is 5.56 Å². The summed E-state index contributed by atoms with van der Waals surface area (Å²) in [5.74, 6) is -1.22. The van der Waals surface area contributed by atoms with E-state index in [9.17, 15) is 13.2 Å². The van der Waals surface area contributed by atoms with Crippen LogP contribution in [0.25, 0.3) is 0 Å². The second-order valence-electron chi connectivity index (χ2n) is 5.20. The van der Waals surface area contributed by atoms with Gasteiger partial charge in [0, 0.05) is 0 Å². The number of hydrogen-bond acceptors (Lipinski definition) is 4. The molecule has 1 aromatic carbocycles. The van der Waals surface area contributed by atoms with E-state index in [0.717, 1.165) is 0 Å². The van der Waals surface area contributed by atoms with E-state index in [0.29, 0.717) is 5.56 Å². The zero-order valence-corrected chi connectivity index (χ0v) is 12.9. The third-order valence-corrected chi connectivity index (χ3v) is 4.45. The summed E-state index contributed by atoms with van der Waals surface area (Å²) >= 11 is 0. The number of nitrogens with zero attached hydrogens (tertiary/aromatic N) is 1. The summed E-state index contributed by atoms with van der Waals surface area (Å²) < 4.78 is 26.8. The molecule has 6 nitrogen and oxygen atoms in total. The molecule has 0 aromatic heterocycles. The highest BCUT2D eigenvalue weighted by Gasteiger charge is 2.28. The Bertz CT molecular complexity index is 675. The molecular formula is C14H18N2O4S. The number of nitrogens with one attached hydrogen (secondary N) is 1. The highest BCUT2D eigenvalue weighted by atomic mass is 32.2. The van der Waals surface area contributed by atoms with Crippen LogP contribution in [0.3, 0.4) is 0 Å². The number of carbonyl (C=O) groups is 1. The van der Waals surface area contributed by atoms with Gasteiger partial charge < -0.3 is 5.11 Å². The number of rotatable bonds is 6. The van der Waals surface area contributed by atoms with Crippen LogP contribution < -0.4 is 4.72 Å². The van der Waals surface area contributed by atoms with Crippen LogP contribution in [0.2, 0.25) is 0 Å². The summed E-state index contributed by atoms with van der Waals surface area (Å²) in [5, 5.41) is 18.2. The molecule has 0 unspecified atom stereocenters. The molecule has 21 heavy (non-hydrogen) atoms. The molecule has 0 aliphatic carbocycles. The van der Waals surface area contributed by atoms with E-state index in [2.05, 4.69) is 4.72 Å². The van der Waals surface area contributed by atoms with E-state index >= 15 is 0 Å². The summed E-state index contributed by atoms with van der Waals surface area (Å²) in [6.07, 6.45) is 0.169. The Labute approximate surface area is 124 Å². The molecule has 0 fully saturated rings. The minimum Gasteiger partial charge on any atom is -0.480 e. The van der Waals surface area contributed by atoms with Crippen LogP contribution in [0.15, 0.2) is 23.1 Å². The zero-order chi connectivity index (χ0) is 16.2. The lowest BCUT2D eigenvalue weighted by molar-refractivity contribution is -0.139. The smallest absolute Gasteiger partial charge is 0.321 e. The first-order valence-electron chi connectivity index (χ1n) is 6.44. The maximum Gasteiger partial charge on any atom is 0.321 e. The van der Waals surface area contributed by atoms with Crippen molar-refractivity contribution in [3.63, 3.8) is 0 Å². The topological polar surface area (TPSA) is 107 Å². The van der Waals surface area contributed by atoms with Crippen LogP contribution in [0, 0.1) is 24.2 Å². The Morgan fingerprint density at radius 2 is 2.05 bits per heavy atom. The van der Waals surface area contributed by atoms with Gasteiger partial charge in [0.2, 0.25) is 10.0 Å². The second kappa shape index (κ2) is 6.70. The molecule has 1 rings (SSSR count). The van der Waals surface area contributed by atoms with Gasteiger partial charge in [0.15, 0.2) is 0 Å². The number of benzene rings is 1. The van der Waals surface area contributed by atoms with Crippen molar-refractivity contribution in [2.24, 2.45) is 5.92 Å². The number of sulfonamides is 1. The Balaban J connectivity index is 3.21. The Hall–Kier alpha value is -1.91. The van der Waals surface area contributed by atoms with Crippen molar-refractivity contribution in [3.05, 3.63) is 29.3 Å². The maximum absolute atomic E-state index is 12.3. The van der Waals surface area contributed by atoms with Crippen molar-refractivity contribution in [1.29, 1.82) is 5.26 Å².